The highest BCUT2D eigenvalue weighted by molar-refractivity contribution is 6.01. The van der Waals surface area contributed by atoms with Gasteiger partial charge in [-0.25, -0.2) is 0 Å². The van der Waals surface area contributed by atoms with E-state index in [2.05, 4.69) is 0 Å². The second-order valence-corrected chi connectivity index (χ2v) is 4.73. The predicted molar refractivity (Wildman–Crippen MR) is 70.6 cm³/mol. The molecule has 0 radical (unpaired) electrons. The van der Waals surface area contributed by atoms with Gasteiger partial charge in [-0.1, -0.05) is 29.8 Å². The standard InChI is InChI=1S/C14H17NO4/c1-9-4-6-12(7-5-9)13(8-15(18)19)14(10(2)16)11(3)17/h4-7,13-14H,8H2,1-3H3/t13-/m0/s1. The number of ketones is 2. The topological polar surface area (TPSA) is 77.3 Å². The van der Waals surface area contributed by atoms with Gasteiger partial charge in [0.2, 0.25) is 6.54 Å². The first-order chi connectivity index (χ1) is 8.82. The van der Waals surface area contributed by atoms with E-state index in [0.717, 1.165) is 5.56 Å². The molecule has 0 saturated carbocycles. The average Bonchev–Trinajstić information content (AvgIpc) is 2.27. The normalized spacial score (nSPS) is 12.2. The van der Waals surface area contributed by atoms with E-state index in [4.69, 9.17) is 0 Å². The van der Waals surface area contributed by atoms with Gasteiger partial charge in [0.05, 0.1) is 11.8 Å². The van der Waals surface area contributed by atoms with E-state index >= 15 is 0 Å². The van der Waals surface area contributed by atoms with Crippen molar-refractivity contribution in [2.24, 2.45) is 5.92 Å². The first-order valence-corrected chi connectivity index (χ1v) is 6.02. The van der Waals surface area contributed by atoms with Gasteiger partial charge >= 0.3 is 0 Å². The first-order valence-electron chi connectivity index (χ1n) is 6.02. The van der Waals surface area contributed by atoms with Crippen LogP contribution in [0.25, 0.3) is 0 Å². The van der Waals surface area contributed by atoms with Crippen molar-refractivity contribution in [3.63, 3.8) is 0 Å². The van der Waals surface area contributed by atoms with Crippen LogP contribution in [0.1, 0.15) is 30.9 Å². The summed E-state index contributed by atoms with van der Waals surface area (Å²) in [7, 11) is 0. The number of benzene rings is 1. The van der Waals surface area contributed by atoms with E-state index in [0.29, 0.717) is 5.56 Å². The fourth-order valence-corrected chi connectivity index (χ4v) is 2.23. The summed E-state index contributed by atoms with van der Waals surface area (Å²) in [6.07, 6.45) is 0. The highest BCUT2D eigenvalue weighted by Gasteiger charge is 2.34. The number of carbonyl (C=O) groups is 2. The minimum absolute atomic E-state index is 0.333. The van der Waals surface area contributed by atoms with Gasteiger partial charge in [0, 0.05) is 4.92 Å². The second kappa shape index (κ2) is 6.22. The number of nitrogens with zero attached hydrogens (tertiary/aromatic N) is 1. The molecular weight excluding hydrogens is 246 g/mol. The Morgan fingerprint density at radius 1 is 1.16 bits per heavy atom. The molecular formula is C14H17NO4. The highest BCUT2D eigenvalue weighted by Crippen LogP contribution is 2.27. The maximum atomic E-state index is 11.6. The zero-order valence-corrected chi connectivity index (χ0v) is 11.3. The van der Waals surface area contributed by atoms with Gasteiger partial charge in [-0.2, -0.15) is 0 Å². The summed E-state index contributed by atoms with van der Waals surface area (Å²) in [5.41, 5.74) is 1.67. The van der Waals surface area contributed by atoms with Crippen molar-refractivity contribution >= 4 is 11.6 Å². The zero-order valence-electron chi connectivity index (χ0n) is 11.3. The van der Waals surface area contributed by atoms with Crippen molar-refractivity contribution in [2.45, 2.75) is 26.7 Å². The molecule has 5 heteroatoms. The van der Waals surface area contributed by atoms with Gasteiger partial charge in [0.1, 0.15) is 11.6 Å². The van der Waals surface area contributed by atoms with Crippen LogP contribution < -0.4 is 0 Å². The molecule has 102 valence electrons. The van der Waals surface area contributed by atoms with E-state index in [1.54, 1.807) is 12.1 Å². The third-order valence-electron chi connectivity index (χ3n) is 3.13. The Balaban J connectivity index is 3.19. The van der Waals surface area contributed by atoms with Gasteiger partial charge in [-0.15, -0.1) is 0 Å². The lowest BCUT2D eigenvalue weighted by atomic mass is 9.81. The molecule has 0 aliphatic carbocycles. The van der Waals surface area contributed by atoms with Crippen LogP contribution in [0, 0.1) is 23.0 Å². The number of nitro groups is 1. The summed E-state index contributed by atoms with van der Waals surface area (Å²) >= 11 is 0. The van der Waals surface area contributed by atoms with Crippen molar-refractivity contribution in [3.8, 4) is 0 Å². The van der Waals surface area contributed by atoms with Gasteiger partial charge in [-0.05, 0) is 26.3 Å². The summed E-state index contributed by atoms with van der Waals surface area (Å²) < 4.78 is 0. The van der Waals surface area contributed by atoms with Crippen LogP contribution in [0.3, 0.4) is 0 Å². The Morgan fingerprint density at radius 2 is 1.63 bits per heavy atom. The van der Waals surface area contributed by atoms with Crippen molar-refractivity contribution in [1.82, 2.24) is 0 Å². The van der Waals surface area contributed by atoms with E-state index in [-0.39, 0.29) is 11.6 Å². The molecule has 0 aliphatic heterocycles. The molecule has 0 aromatic heterocycles. The molecule has 0 aliphatic rings. The molecule has 1 rings (SSSR count). The van der Waals surface area contributed by atoms with Crippen LogP contribution in [0.4, 0.5) is 0 Å². The number of aryl methyl sites for hydroxylation is 1. The molecule has 0 spiro atoms. The number of Topliss-reactive ketones (excluding diaryl/α,β-unsaturated/α-hetero) is 2. The second-order valence-electron chi connectivity index (χ2n) is 4.73. The highest BCUT2D eigenvalue weighted by atomic mass is 16.6. The van der Waals surface area contributed by atoms with Crippen LogP contribution in [0.15, 0.2) is 24.3 Å². The molecule has 1 atom stereocenters. The molecule has 1 aromatic carbocycles. The van der Waals surface area contributed by atoms with Crippen LogP contribution >= 0.6 is 0 Å². The Bertz CT molecular complexity index is 479. The Morgan fingerprint density at radius 3 is 2.00 bits per heavy atom. The number of carbonyl (C=O) groups excluding carboxylic acids is 2. The van der Waals surface area contributed by atoms with Gasteiger partial charge in [-0.3, -0.25) is 19.7 Å². The Hall–Kier alpha value is -2.04. The molecule has 0 unspecified atom stereocenters. The lowest BCUT2D eigenvalue weighted by Gasteiger charge is -2.20. The lowest BCUT2D eigenvalue weighted by molar-refractivity contribution is -0.484. The van der Waals surface area contributed by atoms with Crippen molar-refractivity contribution in [3.05, 3.63) is 45.5 Å². The molecule has 0 heterocycles. The summed E-state index contributed by atoms with van der Waals surface area (Å²) in [5, 5.41) is 10.8. The SMILES string of the molecule is CC(=O)C(C(C)=O)[C@@H](C[N+](=O)[O-])c1ccc(C)cc1. The lowest BCUT2D eigenvalue weighted by Crippen LogP contribution is -2.31. The van der Waals surface area contributed by atoms with Crippen molar-refractivity contribution < 1.29 is 14.5 Å². The van der Waals surface area contributed by atoms with Crippen molar-refractivity contribution in [1.29, 1.82) is 0 Å². The minimum atomic E-state index is -0.951. The summed E-state index contributed by atoms with van der Waals surface area (Å²) in [6, 6.07) is 7.12. The van der Waals surface area contributed by atoms with E-state index in [1.165, 1.54) is 13.8 Å². The van der Waals surface area contributed by atoms with E-state index in [1.807, 2.05) is 19.1 Å². The maximum Gasteiger partial charge on any atom is 0.211 e. The average molecular weight is 263 g/mol. The molecule has 0 saturated heterocycles. The molecule has 0 N–H and O–H groups in total. The monoisotopic (exact) mass is 263 g/mol. The predicted octanol–water partition coefficient (Wildman–Crippen LogP) is 2.15. The number of hydrogen-bond donors (Lipinski definition) is 0. The third kappa shape index (κ3) is 3.98. The Labute approximate surface area is 111 Å². The van der Waals surface area contributed by atoms with Crippen molar-refractivity contribution in [2.75, 3.05) is 6.54 Å². The zero-order chi connectivity index (χ0) is 14.6. The summed E-state index contributed by atoms with van der Waals surface area (Å²) in [5.74, 6) is -2.32. The minimum Gasteiger partial charge on any atom is -0.299 e. The quantitative estimate of drug-likeness (QED) is 0.447. The fourth-order valence-electron chi connectivity index (χ4n) is 2.23. The molecule has 19 heavy (non-hydrogen) atoms. The largest absolute Gasteiger partial charge is 0.299 e. The van der Waals surface area contributed by atoms with Crippen LogP contribution in [-0.4, -0.2) is 23.0 Å². The smallest absolute Gasteiger partial charge is 0.211 e. The third-order valence-corrected chi connectivity index (χ3v) is 3.13. The maximum absolute atomic E-state index is 11.6. The number of rotatable bonds is 6. The van der Waals surface area contributed by atoms with E-state index < -0.39 is 23.3 Å². The fraction of sp³-hybridized carbons (Fsp3) is 0.429. The molecule has 1 aromatic rings. The van der Waals surface area contributed by atoms with Crippen LogP contribution in [0.2, 0.25) is 0 Å². The van der Waals surface area contributed by atoms with Crippen LogP contribution in [-0.2, 0) is 9.59 Å². The van der Waals surface area contributed by atoms with Gasteiger partial charge in [0.15, 0.2) is 0 Å². The van der Waals surface area contributed by atoms with Gasteiger partial charge < -0.3 is 0 Å². The molecule has 0 bridgehead atoms. The number of hydrogen-bond acceptors (Lipinski definition) is 4. The van der Waals surface area contributed by atoms with E-state index in [9.17, 15) is 19.7 Å². The molecule has 0 fully saturated rings. The van der Waals surface area contributed by atoms with Crippen LogP contribution in [0.5, 0.6) is 0 Å². The molecule has 0 amide bonds. The Kier molecular flexibility index (Phi) is 4.92. The summed E-state index contributed by atoms with van der Waals surface area (Å²) in [4.78, 5) is 33.5. The molecule has 5 nitrogen and oxygen atoms in total. The first kappa shape index (κ1) is 15.0. The summed E-state index contributed by atoms with van der Waals surface area (Å²) in [6.45, 7) is 4.08. The van der Waals surface area contributed by atoms with Gasteiger partial charge in [0.25, 0.3) is 0 Å².